The second-order valence-electron chi connectivity index (χ2n) is 4.53. The average molecular weight is 290 g/mol. The third-order valence-corrected chi connectivity index (χ3v) is 6.08. The average Bonchev–Trinajstić information content (AvgIpc) is 2.70. The minimum Gasteiger partial charge on any atom is -0.391 e. The molecule has 7 heteroatoms. The van der Waals surface area contributed by atoms with Crippen LogP contribution in [-0.4, -0.2) is 42.6 Å². The van der Waals surface area contributed by atoms with E-state index in [0.717, 1.165) is 22.1 Å². The SMILES string of the molecule is CCc1nc(N2CCS(=O)(=O)CC2C)sc1CO. The maximum absolute atomic E-state index is 11.5. The maximum atomic E-state index is 11.5. The standard InChI is InChI=1S/C11H18N2O3S2/c1-3-9-10(6-14)17-11(12-9)13-4-5-18(15,16)7-8(13)2/h8,14H,3-7H2,1-2H3. The smallest absolute Gasteiger partial charge is 0.186 e. The van der Waals surface area contributed by atoms with E-state index in [4.69, 9.17) is 0 Å². The summed E-state index contributed by atoms with van der Waals surface area (Å²) in [6.07, 6.45) is 0.785. The molecule has 0 bridgehead atoms. The lowest BCUT2D eigenvalue weighted by atomic mass is 10.3. The summed E-state index contributed by atoms with van der Waals surface area (Å²) in [5.74, 6) is 0.370. The van der Waals surface area contributed by atoms with Crippen molar-refractivity contribution in [3.05, 3.63) is 10.6 Å². The Bertz CT molecular complexity index is 503. The van der Waals surface area contributed by atoms with Crippen molar-refractivity contribution in [2.75, 3.05) is 23.0 Å². The van der Waals surface area contributed by atoms with Crippen LogP contribution in [0.15, 0.2) is 0 Å². The number of aryl methyl sites for hydroxylation is 1. The lowest BCUT2D eigenvalue weighted by Crippen LogP contribution is -2.47. The van der Waals surface area contributed by atoms with E-state index in [1.54, 1.807) is 0 Å². The lowest BCUT2D eigenvalue weighted by Gasteiger charge is -2.32. The molecule has 1 aromatic heterocycles. The molecule has 1 aliphatic rings. The van der Waals surface area contributed by atoms with Crippen molar-refractivity contribution in [2.45, 2.75) is 32.9 Å². The molecular weight excluding hydrogens is 272 g/mol. The van der Waals surface area contributed by atoms with Gasteiger partial charge in [0.25, 0.3) is 0 Å². The van der Waals surface area contributed by atoms with Gasteiger partial charge < -0.3 is 10.0 Å². The van der Waals surface area contributed by atoms with Crippen molar-refractivity contribution in [1.82, 2.24) is 4.98 Å². The largest absolute Gasteiger partial charge is 0.391 e. The number of hydrogen-bond donors (Lipinski definition) is 1. The van der Waals surface area contributed by atoms with Gasteiger partial charge in [-0.05, 0) is 13.3 Å². The van der Waals surface area contributed by atoms with E-state index in [9.17, 15) is 13.5 Å². The quantitative estimate of drug-likeness (QED) is 0.892. The van der Waals surface area contributed by atoms with Gasteiger partial charge in [0.2, 0.25) is 0 Å². The molecule has 5 nitrogen and oxygen atoms in total. The molecule has 0 aromatic carbocycles. The highest BCUT2D eigenvalue weighted by atomic mass is 32.2. The Kier molecular flexibility index (Phi) is 3.93. The second-order valence-corrected chi connectivity index (χ2v) is 7.83. The Balaban J connectivity index is 2.24. The van der Waals surface area contributed by atoms with Crippen molar-refractivity contribution in [3.8, 4) is 0 Å². The predicted molar refractivity (Wildman–Crippen MR) is 72.9 cm³/mol. The second kappa shape index (κ2) is 5.14. The van der Waals surface area contributed by atoms with E-state index >= 15 is 0 Å². The highest BCUT2D eigenvalue weighted by Gasteiger charge is 2.30. The van der Waals surface area contributed by atoms with Crippen molar-refractivity contribution in [2.24, 2.45) is 0 Å². The van der Waals surface area contributed by atoms with Gasteiger partial charge in [0.15, 0.2) is 15.0 Å². The van der Waals surface area contributed by atoms with Gasteiger partial charge in [-0.2, -0.15) is 0 Å². The molecule has 1 atom stereocenters. The molecule has 1 aromatic rings. The topological polar surface area (TPSA) is 70.5 Å². The first kappa shape index (κ1) is 13.8. The van der Waals surface area contributed by atoms with E-state index in [-0.39, 0.29) is 24.2 Å². The number of aliphatic hydroxyl groups excluding tert-OH is 1. The van der Waals surface area contributed by atoms with Crippen LogP contribution >= 0.6 is 11.3 Å². The number of sulfone groups is 1. The molecule has 1 N–H and O–H groups in total. The fourth-order valence-corrected chi connectivity index (χ4v) is 4.87. The molecular formula is C11H18N2O3S2. The van der Waals surface area contributed by atoms with E-state index < -0.39 is 9.84 Å². The van der Waals surface area contributed by atoms with Crippen LogP contribution in [0.25, 0.3) is 0 Å². The third-order valence-electron chi connectivity index (χ3n) is 3.16. The Labute approximate surface area is 111 Å². The minimum absolute atomic E-state index is 0.00135. The van der Waals surface area contributed by atoms with Gasteiger partial charge in [0, 0.05) is 12.6 Å². The number of nitrogens with zero attached hydrogens (tertiary/aromatic N) is 2. The summed E-state index contributed by atoms with van der Waals surface area (Å²) in [5, 5.41) is 10.1. The van der Waals surface area contributed by atoms with E-state index in [1.807, 2.05) is 18.7 Å². The fraction of sp³-hybridized carbons (Fsp3) is 0.727. The summed E-state index contributed by atoms with van der Waals surface area (Å²) in [4.78, 5) is 7.43. The zero-order chi connectivity index (χ0) is 13.3. The van der Waals surface area contributed by atoms with E-state index in [2.05, 4.69) is 4.98 Å². The Hall–Kier alpha value is -0.660. The van der Waals surface area contributed by atoms with Crippen LogP contribution in [0.2, 0.25) is 0 Å². The molecule has 2 heterocycles. The molecule has 102 valence electrons. The monoisotopic (exact) mass is 290 g/mol. The Morgan fingerprint density at radius 3 is 2.78 bits per heavy atom. The molecule has 0 spiro atoms. The van der Waals surface area contributed by atoms with Crippen LogP contribution in [0.4, 0.5) is 5.13 Å². The number of rotatable bonds is 3. The zero-order valence-electron chi connectivity index (χ0n) is 10.6. The van der Waals surface area contributed by atoms with Crippen molar-refractivity contribution in [1.29, 1.82) is 0 Å². The molecule has 0 radical (unpaired) electrons. The summed E-state index contributed by atoms with van der Waals surface area (Å²) in [5.41, 5.74) is 0.915. The predicted octanol–water partition coefficient (Wildman–Crippen LogP) is 0.821. The molecule has 1 aliphatic heterocycles. The van der Waals surface area contributed by atoms with Crippen molar-refractivity contribution in [3.63, 3.8) is 0 Å². The number of hydrogen-bond acceptors (Lipinski definition) is 6. The van der Waals surface area contributed by atoms with Crippen molar-refractivity contribution >= 4 is 26.3 Å². The first-order valence-corrected chi connectivity index (χ1v) is 8.67. The third kappa shape index (κ3) is 2.67. The van der Waals surface area contributed by atoms with E-state index in [1.165, 1.54) is 11.3 Å². The normalized spacial score (nSPS) is 23.3. The highest BCUT2D eigenvalue weighted by Crippen LogP contribution is 2.29. The van der Waals surface area contributed by atoms with Crippen LogP contribution in [0, 0.1) is 0 Å². The lowest BCUT2D eigenvalue weighted by molar-refractivity contribution is 0.284. The number of aliphatic hydroxyl groups is 1. The molecule has 0 saturated carbocycles. The van der Waals surface area contributed by atoms with Crippen molar-refractivity contribution < 1.29 is 13.5 Å². The van der Waals surface area contributed by atoms with Gasteiger partial charge in [-0.1, -0.05) is 18.3 Å². The van der Waals surface area contributed by atoms with Gasteiger partial charge in [-0.3, -0.25) is 0 Å². The van der Waals surface area contributed by atoms with Crippen LogP contribution in [0.1, 0.15) is 24.4 Å². The highest BCUT2D eigenvalue weighted by molar-refractivity contribution is 7.91. The molecule has 18 heavy (non-hydrogen) atoms. The molecule has 0 aliphatic carbocycles. The fourth-order valence-electron chi connectivity index (χ4n) is 2.18. The molecule has 1 fully saturated rings. The molecule has 1 unspecified atom stereocenters. The first-order chi connectivity index (χ1) is 8.46. The van der Waals surface area contributed by atoms with Crippen LogP contribution < -0.4 is 4.90 Å². The summed E-state index contributed by atoms with van der Waals surface area (Å²) in [6, 6.07) is -0.0499. The van der Waals surface area contributed by atoms with Crippen LogP contribution in [0.5, 0.6) is 0 Å². The first-order valence-electron chi connectivity index (χ1n) is 6.03. The number of thiazole rings is 1. The van der Waals surface area contributed by atoms with Gasteiger partial charge in [0.1, 0.15) is 0 Å². The Morgan fingerprint density at radius 1 is 1.56 bits per heavy atom. The summed E-state index contributed by atoms with van der Waals surface area (Å²) >= 11 is 1.46. The Morgan fingerprint density at radius 2 is 2.28 bits per heavy atom. The molecule has 1 saturated heterocycles. The summed E-state index contributed by atoms with van der Waals surface area (Å²) in [6.45, 7) is 4.40. The van der Waals surface area contributed by atoms with Gasteiger partial charge in [-0.15, -0.1) is 0 Å². The molecule has 2 rings (SSSR count). The molecule has 0 amide bonds. The van der Waals surface area contributed by atoms with E-state index in [0.29, 0.717) is 6.54 Å². The van der Waals surface area contributed by atoms with Gasteiger partial charge in [-0.25, -0.2) is 13.4 Å². The number of aromatic nitrogens is 1. The summed E-state index contributed by atoms with van der Waals surface area (Å²) < 4.78 is 23.1. The zero-order valence-corrected chi connectivity index (χ0v) is 12.2. The van der Waals surface area contributed by atoms with Gasteiger partial charge in [0.05, 0.1) is 28.7 Å². The van der Waals surface area contributed by atoms with Gasteiger partial charge >= 0.3 is 0 Å². The van der Waals surface area contributed by atoms with Crippen LogP contribution in [-0.2, 0) is 22.9 Å². The maximum Gasteiger partial charge on any atom is 0.186 e. The minimum atomic E-state index is -2.90. The summed E-state index contributed by atoms with van der Waals surface area (Å²) in [7, 11) is -2.90. The number of anilines is 1. The van der Waals surface area contributed by atoms with Crippen LogP contribution in [0.3, 0.4) is 0 Å².